The van der Waals surface area contributed by atoms with Crippen molar-refractivity contribution in [1.29, 1.82) is 0 Å². The Labute approximate surface area is 125 Å². The van der Waals surface area contributed by atoms with Gasteiger partial charge in [-0.3, -0.25) is 0 Å². The molecule has 3 nitrogen and oxygen atoms in total. The lowest BCUT2D eigenvalue weighted by Crippen LogP contribution is -2.21. The Bertz CT molecular complexity index is 598. The van der Waals surface area contributed by atoms with Crippen molar-refractivity contribution >= 4 is 11.5 Å². The average molecular weight is 287 g/mol. The average Bonchev–Trinajstić information content (AvgIpc) is 2.48. The number of pyridine rings is 1. The molecule has 0 radical (unpaired) electrons. The molecule has 1 aromatic carbocycles. The van der Waals surface area contributed by atoms with Crippen molar-refractivity contribution in [3.05, 3.63) is 53.5 Å². The summed E-state index contributed by atoms with van der Waals surface area (Å²) in [7, 11) is 0. The number of aryl methyl sites for hydroxylation is 1. The molecular weight excluding hydrogens is 265 g/mol. The van der Waals surface area contributed by atoms with Gasteiger partial charge in [0.05, 0.1) is 0 Å². The van der Waals surface area contributed by atoms with Gasteiger partial charge in [-0.05, 0) is 44.2 Å². The largest absolute Gasteiger partial charge is 0.324 e. The predicted octanol–water partition coefficient (Wildman–Crippen LogP) is 3.80. The van der Waals surface area contributed by atoms with Crippen LogP contribution in [0.1, 0.15) is 25.0 Å². The zero-order chi connectivity index (χ0) is 15.2. The second-order valence-electron chi connectivity index (χ2n) is 4.97. The molecule has 2 aromatic rings. The summed E-state index contributed by atoms with van der Waals surface area (Å²) in [5.74, 6) is 0.139. The van der Waals surface area contributed by atoms with E-state index >= 15 is 0 Å². The van der Waals surface area contributed by atoms with E-state index in [0.717, 1.165) is 17.8 Å². The SMILES string of the molecule is CCNCc1ccnc(N(CC)c2cccc(C)c2)c1F. The first kappa shape index (κ1) is 15.4. The Morgan fingerprint density at radius 1 is 1.24 bits per heavy atom. The standard InChI is InChI=1S/C17H22FN3/c1-4-19-12-14-9-10-20-17(16(14)18)21(5-2)15-8-6-7-13(3)11-15/h6-11,19H,4-5,12H2,1-3H3. The number of rotatable bonds is 6. The van der Waals surface area contributed by atoms with E-state index in [-0.39, 0.29) is 5.82 Å². The topological polar surface area (TPSA) is 28.2 Å². The molecule has 21 heavy (non-hydrogen) atoms. The van der Waals surface area contributed by atoms with Crippen LogP contribution in [-0.2, 0) is 6.54 Å². The van der Waals surface area contributed by atoms with E-state index in [9.17, 15) is 4.39 Å². The molecule has 0 aliphatic heterocycles. The maximum atomic E-state index is 14.7. The minimum Gasteiger partial charge on any atom is -0.324 e. The highest BCUT2D eigenvalue weighted by molar-refractivity contribution is 5.61. The molecule has 0 amide bonds. The molecular formula is C17H22FN3. The van der Waals surface area contributed by atoms with E-state index < -0.39 is 0 Å². The third kappa shape index (κ3) is 3.58. The van der Waals surface area contributed by atoms with Crippen LogP contribution >= 0.6 is 0 Å². The molecule has 0 aliphatic rings. The van der Waals surface area contributed by atoms with Gasteiger partial charge in [-0.15, -0.1) is 0 Å². The van der Waals surface area contributed by atoms with Crippen LogP contribution in [0.5, 0.6) is 0 Å². The monoisotopic (exact) mass is 287 g/mol. The van der Waals surface area contributed by atoms with Gasteiger partial charge in [-0.2, -0.15) is 0 Å². The molecule has 4 heteroatoms. The molecule has 1 aromatic heterocycles. The lowest BCUT2D eigenvalue weighted by Gasteiger charge is -2.23. The van der Waals surface area contributed by atoms with Gasteiger partial charge in [-0.1, -0.05) is 19.1 Å². The number of halogens is 1. The Morgan fingerprint density at radius 3 is 2.71 bits per heavy atom. The highest BCUT2D eigenvalue weighted by Gasteiger charge is 2.16. The number of anilines is 2. The van der Waals surface area contributed by atoms with Gasteiger partial charge < -0.3 is 10.2 Å². The second-order valence-corrected chi connectivity index (χ2v) is 4.97. The summed E-state index contributed by atoms with van der Waals surface area (Å²) in [6, 6.07) is 9.76. The highest BCUT2D eigenvalue weighted by atomic mass is 19.1. The normalized spacial score (nSPS) is 10.7. The molecule has 0 saturated carbocycles. The maximum absolute atomic E-state index is 14.7. The zero-order valence-corrected chi connectivity index (χ0v) is 12.9. The Balaban J connectivity index is 2.38. The Morgan fingerprint density at radius 2 is 2.05 bits per heavy atom. The van der Waals surface area contributed by atoms with Crippen molar-refractivity contribution in [3.8, 4) is 0 Å². The molecule has 1 heterocycles. The first-order valence-electron chi connectivity index (χ1n) is 7.35. The summed E-state index contributed by atoms with van der Waals surface area (Å²) in [5.41, 5.74) is 2.76. The molecule has 1 N–H and O–H groups in total. The van der Waals surface area contributed by atoms with Crippen LogP contribution in [0.4, 0.5) is 15.9 Å². The van der Waals surface area contributed by atoms with Crippen LogP contribution in [0, 0.1) is 12.7 Å². The van der Waals surface area contributed by atoms with Crippen LogP contribution < -0.4 is 10.2 Å². The third-order valence-electron chi connectivity index (χ3n) is 3.40. The lowest BCUT2D eigenvalue weighted by atomic mass is 10.2. The summed E-state index contributed by atoms with van der Waals surface area (Å²) in [4.78, 5) is 6.15. The second kappa shape index (κ2) is 7.18. The molecule has 112 valence electrons. The van der Waals surface area contributed by atoms with E-state index in [4.69, 9.17) is 0 Å². The van der Waals surface area contributed by atoms with Gasteiger partial charge in [0.2, 0.25) is 0 Å². The predicted molar refractivity (Wildman–Crippen MR) is 85.4 cm³/mol. The van der Waals surface area contributed by atoms with Crippen molar-refractivity contribution in [2.24, 2.45) is 0 Å². The molecule has 0 atom stereocenters. The van der Waals surface area contributed by atoms with Gasteiger partial charge in [-0.25, -0.2) is 9.37 Å². The molecule has 2 rings (SSSR count). The number of nitrogens with one attached hydrogen (secondary N) is 1. The van der Waals surface area contributed by atoms with Crippen LogP contribution in [0.2, 0.25) is 0 Å². The quantitative estimate of drug-likeness (QED) is 0.876. The molecule has 0 spiro atoms. The molecule has 0 fully saturated rings. The van der Waals surface area contributed by atoms with Crippen LogP contribution in [0.25, 0.3) is 0 Å². The Hall–Kier alpha value is -1.94. The lowest BCUT2D eigenvalue weighted by molar-refractivity contribution is 0.586. The highest BCUT2D eigenvalue weighted by Crippen LogP contribution is 2.27. The smallest absolute Gasteiger partial charge is 0.170 e. The summed E-state index contributed by atoms with van der Waals surface area (Å²) in [6.45, 7) is 8.03. The fourth-order valence-electron chi connectivity index (χ4n) is 2.31. The fraction of sp³-hybridized carbons (Fsp3) is 0.353. The summed E-state index contributed by atoms with van der Waals surface area (Å²) in [6.07, 6.45) is 1.67. The van der Waals surface area contributed by atoms with Crippen LogP contribution in [0.3, 0.4) is 0 Å². The first-order chi connectivity index (χ1) is 10.2. The molecule has 0 aliphatic carbocycles. The fourth-order valence-corrected chi connectivity index (χ4v) is 2.31. The van der Waals surface area contributed by atoms with Crippen molar-refractivity contribution in [2.45, 2.75) is 27.3 Å². The van der Waals surface area contributed by atoms with Crippen molar-refractivity contribution in [3.63, 3.8) is 0 Å². The summed E-state index contributed by atoms with van der Waals surface area (Å²) < 4.78 is 14.7. The maximum Gasteiger partial charge on any atom is 0.170 e. The van der Waals surface area contributed by atoms with E-state index in [1.54, 1.807) is 12.3 Å². The van der Waals surface area contributed by atoms with Crippen molar-refractivity contribution in [2.75, 3.05) is 18.0 Å². The number of nitrogens with zero attached hydrogens (tertiary/aromatic N) is 2. The molecule has 0 bridgehead atoms. The molecule has 0 saturated heterocycles. The van der Waals surface area contributed by atoms with Gasteiger partial charge in [0.15, 0.2) is 11.6 Å². The minimum absolute atomic E-state index is 0.248. The van der Waals surface area contributed by atoms with E-state index in [1.807, 2.05) is 49.9 Å². The first-order valence-corrected chi connectivity index (χ1v) is 7.35. The van der Waals surface area contributed by atoms with E-state index in [2.05, 4.69) is 10.3 Å². The van der Waals surface area contributed by atoms with Gasteiger partial charge in [0, 0.05) is 30.5 Å². The zero-order valence-electron chi connectivity index (χ0n) is 12.9. The Kier molecular flexibility index (Phi) is 5.28. The third-order valence-corrected chi connectivity index (χ3v) is 3.40. The van der Waals surface area contributed by atoms with E-state index in [0.29, 0.717) is 24.5 Å². The van der Waals surface area contributed by atoms with Crippen molar-refractivity contribution < 1.29 is 4.39 Å². The minimum atomic E-state index is -0.248. The van der Waals surface area contributed by atoms with E-state index in [1.165, 1.54) is 0 Å². The van der Waals surface area contributed by atoms with Crippen LogP contribution in [-0.4, -0.2) is 18.1 Å². The van der Waals surface area contributed by atoms with Gasteiger partial charge in [0.1, 0.15) is 0 Å². The van der Waals surface area contributed by atoms with Gasteiger partial charge >= 0.3 is 0 Å². The summed E-state index contributed by atoms with van der Waals surface area (Å²) >= 11 is 0. The molecule has 0 unspecified atom stereocenters. The van der Waals surface area contributed by atoms with Gasteiger partial charge in [0.25, 0.3) is 0 Å². The number of hydrogen-bond donors (Lipinski definition) is 1. The number of benzene rings is 1. The van der Waals surface area contributed by atoms with Crippen LogP contribution in [0.15, 0.2) is 36.5 Å². The summed E-state index contributed by atoms with van der Waals surface area (Å²) in [5, 5.41) is 3.15. The number of hydrogen-bond acceptors (Lipinski definition) is 3. The number of aromatic nitrogens is 1. The van der Waals surface area contributed by atoms with Crippen molar-refractivity contribution in [1.82, 2.24) is 10.3 Å².